The summed E-state index contributed by atoms with van der Waals surface area (Å²) in [5.41, 5.74) is 0.418. The predicted molar refractivity (Wildman–Crippen MR) is 78.5 cm³/mol. The molecule has 0 saturated heterocycles. The van der Waals surface area contributed by atoms with E-state index in [9.17, 15) is 13.5 Å². The molecule has 0 atom stereocenters. The molecule has 1 N–H and O–H groups in total. The first-order valence-corrected chi connectivity index (χ1v) is 8.38. The highest BCUT2D eigenvalue weighted by molar-refractivity contribution is 8.13. The van der Waals surface area contributed by atoms with Crippen LogP contribution in [-0.2, 0) is 19.9 Å². The SMILES string of the molecule is CC(C)(C)c1cc(S(=O)(=O)Cl)cc(C(C)(C)C)c1O. The molecule has 0 saturated carbocycles. The topological polar surface area (TPSA) is 54.4 Å². The Labute approximate surface area is 120 Å². The molecule has 0 radical (unpaired) electrons. The van der Waals surface area contributed by atoms with Crippen LogP contribution in [0.1, 0.15) is 52.7 Å². The molecule has 0 bridgehead atoms. The van der Waals surface area contributed by atoms with Crippen LogP contribution in [-0.4, -0.2) is 13.5 Å². The monoisotopic (exact) mass is 304 g/mol. The van der Waals surface area contributed by atoms with Gasteiger partial charge in [0.05, 0.1) is 4.90 Å². The van der Waals surface area contributed by atoms with E-state index in [2.05, 4.69) is 0 Å². The Morgan fingerprint density at radius 1 is 0.947 bits per heavy atom. The average molecular weight is 305 g/mol. The Kier molecular flexibility index (Phi) is 4.01. The summed E-state index contributed by atoms with van der Waals surface area (Å²) >= 11 is 0. The third-order valence-corrected chi connectivity index (χ3v) is 4.31. The number of benzene rings is 1. The molecular weight excluding hydrogens is 284 g/mol. The second kappa shape index (κ2) is 4.67. The molecular formula is C14H21ClO3S. The lowest BCUT2D eigenvalue weighted by atomic mass is 9.79. The first kappa shape index (κ1) is 16.3. The largest absolute Gasteiger partial charge is 0.507 e. The van der Waals surface area contributed by atoms with Gasteiger partial charge in [0.2, 0.25) is 0 Å². The molecule has 0 unspecified atom stereocenters. The zero-order valence-corrected chi connectivity index (χ0v) is 13.8. The fourth-order valence-electron chi connectivity index (χ4n) is 1.89. The fraction of sp³-hybridized carbons (Fsp3) is 0.571. The summed E-state index contributed by atoms with van der Waals surface area (Å²) in [5.74, 6) is 0.143. The second-order valence-corrected chi connectivity index (χ2v) is 9.37. The Bertz CT molecular complexity index is 555. The summed E-state index contributed by atoms with van der Waals surface area (Å²) in [7, 11) is 1.62. The number of phenolic OH excluding ortho intramolecular Hbond substituents is 1. The maximum Gasteiger partial charge on any atom is 0.261 e. The van der Waals surface area contributed by atoms with Gasteiger partial charge in [0, 0.05) is 21.8 Å². The van der Waals surface area contributed by atoms with Crippen LogP contribution >= 0.6 is 10.7 Å². The van der Waals surface area contributed by atoms with E-state index in [-0.39, 0.29) is 21.5 Å². The molecule has 0 amide bonds. The number of phenols is 1. The third kappa shape index (κ3) is 3.63. The zero-order chi connectivity index (χ0) is 15.2. The minimum Gasteiger partial charge on any atom is -0.507 e. The zero-order valence-electron chi connectivity index (χ0n) is 12.2. The molecule has 0 aromatic heterocycles. The molecule has 0 heterocycles. The van der Waals surface area contributed by atoms with Crippen LogP contribution in [0.15, 0.2) is 17.0 Å². The van der Waals surface area contributed by atoms with Gasteiger partial charge in [-0.05, 0) is 23.0 Å². The van der Waals surface area contributed by atoms with Crippen LogP contribution in [0.4, 0.5) is 0 Å². The van der Waals surface area contributed by atoms with Crippen molar-refractivity contribution in [3.8, 4) is 5.75 Å². The maximum absolute atomic E-state index is 11.6. The second-order valence-electron chi connectivity index (χ2n) is 6.80. The van der Waals surface area contributed by atoms with Crippen LogP contribution in [0.3, 0.4) is 0 Å². The Balaban J connectivity index is 3.78. The maximum atomic E-state index is 11.6. The minimum absolute atomic E-state index is 0.0295. The van der Waals surface area contributed by atoms with Gasteiger partial charge in [-0.3, -0.25) is 0 Å². The van der Waals surface area contributed by atoms with Crippen LogP contribution in [0.2, 0.25) is 0 Å². The lowest BCUT2D eigenvalue weighted by Crippen LogP contribution is -2.18. The molecule has 0 fully saturated rings. The van der Waals surface area contributed by atoms with Crippen molar-refractivity contribution >= 4 is 19.7 Å². The van der Waals surface area contributed by atoms with Crippen LogP contribution in [0, 0.1) is 0 Å². The third-order valence-electron chi connectivity index (χ3n) is 2.98. The van der Waals surface area contributed by atoms with Gasteiger partial charge >= 0.3 is 0 Å². The van der Waals surface area contributed by atoms with E-state index < -0.39 is 9.05 Å². The molecule has 0 aliphatic carbocycles. The summed E-state index contributed by atoms with van der Waals surface area (Å²) in [6, 6.07) is 2.90. The Morgan fingerprint density at radius 2 is 1.26 bits per heavy atom. The number of halogens is 1. The van der Waals surface area contributed by atoms with Gasteiger partial charge in [-0.2, -0.15) is 0 Å². The van der Waals surface area contributed by atoms with Crippen molar-refractivity contribution in [1.82, 2.24) is 0 Å². The first-order chi connectivity index (χ1) is 8.24. The average Bonchev–Trinajstić information content (AvgIpc) is 2.11. The lowest BCUT2D eigenvalue weighted by Gasteiger charge is -2.27. The summed E-state index contributed by atoms with van der Waals surface area (Å²) in [6.07, 6.45) is 0. The normalized spacial score (nSPS) is 13.6. The van der Waals surface area contributed by atoms with E-state index in [0.29, 0.717) is 11.1 Å². The van der Waals surface area contributed by atoms with Gasteiger partial charge in [-0.15, -0.1) is 0 Å². The van der Waals surface area contributed by atoms with Crippen molar-refractivity contribution in [1.29, 1.82) is 0 Å². The standard InChI is InChI=1S/C14H21ClO3S/c1-13(2,3)10-7-9(19(15,17)18)8-11(12(10)16)14(4,5)6/h7-8,16H,1-6H3. The van der Waals surface area contributed by atoms with Crippen LogP contribution in [0.25, 0.3) is 0 Å². The molecule has 0 aliphatic heterocycles. The van der Waals surface area contributed by atoms with Crippen LogP contribution in [0.5, 0.6) is 5.75 Å². The van der Waals surface area contributed by atoms with Gasteiger partial charge in [0.15, 0.2) is 0 Å². The Morgan fingerprint density at radius 3 is 1.47 bits per heavy atom. The molecule has 0 aliphatic rings. The molecule has 5 heteroatoms. The van der Waals surface area contributed by atoms with Crippen molar-refractivity contribution in [3.63, 3.8) is 0 Å². The highest BCUT2D eigenvalue weighted by atomic mass is 35.7. The van der Waals surface area contributed by atoms with Crippen molar-refractivity contribution in [2.75, 3.05) is 0 Å². The van der Waals surface area contributed by atoms with E-state index in [4.69, 9.17) is 10.7 Å². The summed E-state index contributed by atoms with van der Waals surface area (Å²) in [6.45, 7) is 11.5. The summed E-state index contributed by atoms with van der Waals surface area (Å²) in [5, 5.41) is 10.4. The molecule has 108 valence electrons. The van der Waals surface area contributed by atoms with E-state index in [0.717, 1.165) is 0 Å². The molecule has 19 heavy (non-hydrogen) atoms. The van der Waals surface area contributed by atoms with Gasteiger partial charge in [0.1, 0.15) is 5.75 Å². The van der Waals surface area contributed by atoms with Gasteiger partial charge in [-0.25, -0.2) is 8.42 Å². The number of hydrogen-bond donors (Lipinski definition) is 1. The highest BCUT2D eigenvalue weighted by Crippen LogP contribution is 2.41. The van der Waals surface area contributed by atoms with Crippen LogP contribution < -0.4 is 0 Å². The highest BCUT2D eigenvalue weighted by Gasteiger charge is 2.28. The van der Waals surface area contributed by atoms with Gasteiger partial charge in [-0.1, -0.05) is 41.5 Å². The predicted octanol–water partition coefficient (Wildman–Crippen LogP) is 3.91. The van der Waals surface area contributed by atoms with Gasteiger partial charge in [0.25, 0.3) is 9.05 Å². The minimum atomic E-state index is -3.82. The number of rotatable bonds is 1. The van der Waals surface area contributed by atoms with E-state index in [1.54, 1.807) is 0 Å². The summed E-state index contributed by atoms with van der Waals surface area (Å²) < 4.78 is 23.2. The van der Waals surface area contributed by atoms with E-state index in [1.165, 1.54) is 12.1 Å². The lowest BCUT2D eigenvalue weighted by molar-refractivity contribution is 0.422. The number of aromatic hydroxyl groups is 1. The number of hydrogen-bond acceptors (Lipinski definition) is 3. The van der Waals surface area contributed by atoms with Crippen molar-refractivity contribution < 1.29 is 13.5 Å². The van der Waals surface area contributed by atoms with Gasteiger partial charge < -0.3 is 5.11 Å². The fourth-order valence-corrected chi connectivity index (χ4v) is 2.68. The van der Waals surface area contributed by atoms with Crippen molar-refractivity contribution in [2.45, 2.75) is 57.3 Å². The smallest absolute Gasteiger partial charge is 0.261 e. The molecule has 3 nitrogen and oxygen atoms in total. The van der Waals surface area contributed by atoms with E-state index >= 15 is 0 Å². The molecule has 0 spiro atoms. The van der Waals surface area contributed by atoms with Crippen molar-refractivity contribution in [2.24, 2.45) is 0 Å². The molecule has 1 rings (SSSR count). The quantitative estimate of drug-likeness (QED) is 0.800. The first-order valence-electron chi connectivity index (χ1n) is 6.07. The van der Waals surface area contributed by atoms with E-state index in [1.807, 2.05) is 41.5 Å². The Hall–Kier alpha value is -0.740. The molecule has 1 aromatic rings. The molecule has 1 aromatic carbocycles. The van der Waals surface area contributed by atoms with Crippen molar-refractivity contribution in [3.05, 3.63) is 23.3 Å². The summed E-state index contributed by atoms with van der Waals surface area (Å²) in [4.78, 5) is 0.0295.